The lowest BCUT2D eigenvalue weighted by Crippen LogP contribution is -1.97. The molecule has 3 heterocycles. The molecule has 0 N–H and O–H groups in total. The van der Waals surface area contributed by atoms with Crippen molar-refractivity contribution in [3.63, 3.8) is 0 Å². The monoisotopic (exact) mass is 751 g/mol. The topological polar surface area (TPSA) is 51.8 Å². The standard InChI is InChI=1S/C55H33N3O/c1-2-14-34(15-3-1)38-16-4-9-21-44(38)50-33-49(57-55(58-50)37-30-31-43-41-19-6-5-17-39(41)40-18-7-8-20-42(40)47(43)32-37)35-26-28-36(29-27-35)53-52-46-23-11-13-25-51(46)59-54(52)45-22-10-12-24-48(45)56-53/h1-33H. The summed E-state index contributed by atoms with van der Waals surface area (Å²) in [6.45, 7) is 0. The largest absolute Gasteiger partial charge is 0.455 e. The van der Waals surface area contributed by atoms with Crippen LogP contribution in [0.5, 0.6) is 0 Å². The summed E-state index contributed by atoms with van der Waals surface area (Å²) in [6, 6.07) is 70.2. The summed E-state index contributed by atoms with van der Waals surface area (Å²) in [4.78, 5) is 15.9. The molecular weight excluding hydrogens is 719 g/mol. The van der Waals surface area contributed by atoms with Gasteiger partial charge in [0.1, 0.15) is 11.2 Å². The van der Waals surface area contributed by atoms with E-state index < -0.39 is 0 Å². The Labute approximate surface area is 339 Å². The van der Waals surface area contributed by atoms with Crippen LogP contribution in [0.2, 0.25) is 0 Å². The average molecular weight is 752 g/mol. The molecule has 0 aliphatic carbocycles. The Kier molecular flexibility index (Phi) is 7.50. The lowest BCUT2D eigenvalue weighted by atomic mass is 9.93. The van der Waals surface area contributed by atoms with Gasteiger partial charge in [0, 0.05) is 33.0 Å². The molecule has 4 nitrogen and oxygen atoms in total. The SMILES string of the molecule is c1ccc(-c2ccccc2-c2cc(-c3ccc(-c4nc5ccccc5c5oc6ccccc6c45)cc3)nc(-c3ccc4c5ccccc5c5ccccc5c4c3)n2)cc1. The molecule has 12 aromatic rings. The van der Waals surface area contributed by atoms with E-state index in [0.29, 0.717) is 5.82 Å². The highest BCUT2D eigenvalue weighted by Gasteiger charge is 2.19. The molecule has 12 rings (SSSR count). The first-order chi connectivity index (χ1) is 29.2. The summed E-state index contributed by atoms with van der Waals surface area (Å²) in [7, 11) is 0. The number of hydrogen-bond acceptors (Lipinski definition) is 4. The summed E-state index contributed by atoms with van der Waals surface area (Å²) < 4.78 is 6.49. The summed E-state index contributed by atoms with van der Waals surface area (Å²) in [5.41, 5.74) is 11.5. The Balaban J connectivity index is 1.06. The zero-order valence-corrected chi connectivity index (χ0v) is 31.8. The molecule has 0 fully saturated rings. The number of aromatic nitrogens is 3. The van der Waals surface area contributed by atoms with Gasteiger partial charge in [-0.25, -0.2) is 15.0 Å². The molecule has 0 bridgehead atoms. The van der Waals surface area contributed by atoms with Crippen LogP contribution in [0.15, 0.2) is 205 Å². The lowest BCUT2D eigenvalue weighted by Gasteiger charge is -2.14. The minimum absolute atomic E-state index is 0.673. The Morgan fingerprint density at radius 2 is 0.864 bits per heavy atom. The molecule has 4 heteroatoms. The van der Waals surface area contributed by atoms with Crippen molar-refractivity contribution in [3.8, 4) is 56.3 Å². The van der Waals surface area contributed by atoms with Crippen molar-refractivity contribution in [3.05, 3.63) is 200 Å². The Hall–Kier alpha value is -7.95. The Bertz CT molecular complexity index is 3570. The second kappa shape index (κ2) is 13.3. The predicted octanol–water partition coefficient (Wildman–Crippen LogP) is 14.7. The fraction of sp³-hybridized carbons (Fsp3) is 0. The number of fused-ring (bicyclic) bond motifs is 11. The maximum Gasteiger partial charge on any atom is 0.160 e. The maximum atomic E-state index is 6.49. The molecule has 0 unspecified atom stereocenters. The van der Waals surface area contributed by atoms with E-state index in [0.717, 1.165) is 83.3 Å². The van der Waals surface area contributed by atoms with Crippen molar-refractivity contribution in [2.45, 2.75) is 0 Å². The quantitative estimate of drug-likeness (QED) is 0.164. The van der Waals surface area contributed by atoms with Crippen LogP contribution in [-0.4, -0.2) is 15.0 Å². The van der Waals surface area contributed by atoms with E-state index in [1.54, 1.807) is 0 Å². The zero-order chi connectivity index (χ0) is 38.9. The average Bonchev–Trinajstić information content (AvgIpc) is 3.72. The van der Waals surface area contributed by atoms with Crippen LogP contribution in [0, 0.1) is 0 Å². The van der Waals surface area contributed by atoms with Gasteiger partial charge < -0.3 is 4.42 Å². The summed E-state index contributed by atoms with van der Waals surface area (Å²) in [5.74, 6) is 0.673. The molecule has 0 saturated carbocycles. The molecule has 0 radical (unpaired) electrons. The minimum Gasteiger partial charge on any atom is -0.455 e. The van der Waals surface area contributed by atoms with Crippen LogP contribution >= 0.6 is 0 Å². The van der Waals surface area contributed by atoms with Crippen LogP contribution < -0.4 is 0 Å². The molecule has 59 heavy (non-hydrogen) atoms. The number of benzene rings is 9. The van der Waals surface area contributed by atoms with Gasteiger partial charge in [0.15, 0.2) is 5.82 Å². The summed E-state index contributed by atoms with van der Waals surface area (Å²) in [6.07, 6.45) is 0. The highest BCUT2D eigenvalue weighted by molar-refractivity contribution is 6.25. The minimum atomic E-state index is 0.673. The third-order valence-corrected chi connectivity index (χ3v) is 11.7. The van der Waals surface area contributed by atoms with Gasteiger partial charge in [0.25, 0.3) is 0 Å². The first-order valence-corrected chi connectivity index (χ1v) is 19.9. The zero-order valence-electron chi connectivity index (χ0n) is 31.8. The summed E-state index contributed by atoms with van der Waals surface area (Å²) in [5, 5.41) is 10.4. The number of hydrogen-bond donors (Lipinski definition) is 0. The van der Waals surface area contributed by atoms with Gasteiger partial charge in [-0.15, -0.1) is 0 Å². The second-order valence-electron chi connectivity index (χ2n) is 15.1. The molecule has 9 aromatic carbocycles. The van der Waals surface area contributed by atoms with Gasteiger partial charge in [-0.2, -0.15) is 0 Å². The fourth-order valence-electron chi connectivity index (χ4n) is 8.90. The molecule has 3 aromatic heterocycles. The lowest BCUT2D eigenvalue weighted by molar-refractivity contribution is 0.672. The highest BCUT2D eigenvalue weighted by atomic mass is 16.3. The third-order valence-electron chi connectivity index (χ3n) is 11.7. The van der Waals surface area contributed by atoms with Crippen LogP contribution in [0.4, 0.5) is 0 Å². The molecule has 274 valence electrons. The number of rotatable bonds is 5. The summed E-state index contributed by atoms with van der Waals surface area (Å²) >= 11 is 0. The first kappa shape index (κ1) is 33.2. The second-order valence-corrected chi connectivity index (χ2v) is 15.1. The van der Waals surface area contributed by atoms with Crippen molar-refractivity contribution in [2.24, 2.45) is 0 Å². The molecule has 0 aliphatic heterocycles. The van der Waals surface area contributed by atoms with Crippen molar-refractivity contribution in [2.75, 3.05) is 0 Å². The van der Waals surface area contributed by atoms with Gasteiger partial charge in [0.2, 0.25) is 0 Å². The molecule has 0 aliphatic rings. The van der Waals surface area contributed by atoms with Crippen molar-refractivity contribution in [1.29, 1.82) is 0 Å². The Morgan fingerprint density at radius 1 is 0.322 bits per heavy atom. The third kappa shape index (κ3) is 5.42. The van der Waals surface area contributed by atoms with Crippen molar-refractivity contribution < 1.29 is 4.42 Å². The van der Waals surface area contributed by atoms with E-state index >= 15 is 0 Å². The van der Waals surface area contributed by atoms with Crippen molar-refractivity contribution in [1.82, 2.24) is 15.0 Å². The number of nitrogens with zero attached hydrogens (tertiary/aromatic N) is 3. The molecule has 0 atom stereocenters. The molecule has 0 amide bonds. The first-order valence-electron chi connectivity index (χ1n) is 19.9. The van der Waals surface area contributed by atoms with E-state index in [4.69, 9.17) is 19.4 Å². The van der Waals surface area contributed by atoms with E-state index in [2.05, 4.69) is 176 Å². The van der Waals surface area contributed by atoms with Gasteiger partial charge in [0.05, 0.1) is 28.0 Å². The van der Waals surface area contributed by atoms with Gasteiger partial charge in [-0.05, 0) is 73.8 Å². The molecular formula is C55H33N3O. The van der Waals surface area contributed by atoms with Crippen molar-refractivity contribution >= 4 is 65.2 Å². The number of para-hydroxylation sites is 2. The van der Waals surface area contributed by atoms with E-state index in [9.17, 15) is 0 Å². The molecule has 0 saturated heterocycles. The van der Waals surface area contributed by atoms with Gasteiger partial charge in [-0.1, -0.05) is 170 Å². The van der Waals surface area contributed by atoms with Gasteiger partial charge >= 0.3 is 0 Å². The van der Waals surface area contributed by atoms with Crippen LogP contribution in [-0.2, 0) is 0 Å². The van der Waals surface area contributed by atoms with E-state index in [1.165, 1.54) is 32.3 Å². The molecule has 0 spiro atoms. The Morgan fingerprint density at radius 3 is 1.61 bits per heavy atom. The predicted molar refractivity (Wildman–Crippen MR) is 244 cm³/mol. The smallest absolute Gasteiger partial charge is 0.160 e. The maximum absolute atomic E-state index is 6.49. The fourth-order valence-corrected chi connectivity index (χ4v) is 8.90. The number of pyridine rings is 1. The van der Waals surface area contributed by atoms with Crippen LogP contribution in [0.3, 0.4) is 0 Å². The normalized spacial score (nSPS) is 11.7. The van der Waals surface area contributed by atoms with E-state index in [-0.39, 0.29) is 0 Å². The van der Waals surface area contributed by atoms with Gasteiger partial charge in [-0.3, -0.25) is 0 Å². The number of furan rings is 1. The van der Waals surface area contributed by atoms with E-state index in [1.807, 2.05) is 24.3 Å². The van der Waals surface area contributed by atoms with Crippen LogP contribution in [0.25, 0.3) is 121 Å². The van der Waals surface area contributed by atoms with Crippen LogP contribution in [0.1, 0.15) is 0 Å². The highest BCUT2D eigenvalue weighted by Crippen LogP contribution is 2.41.